The fraction of sp³-hybridized carbons (Fsp3) is 0.136. The molecule has 30 heavy (non-hydrogen) atoms. The number of anilines is 1. The van der Waals surface area contributed by atoms with Crippen molar-refractivity contribution in [3.05, 3.63) is 82.9 Å². The average molecular weight is 445 g/mol. The molecular weight excluding hydrogens is 424 g/mol. The van der Waals surface area contributed by atoms with Gasteiger partial charge in [0.1, 0.15) is 11.5 Å². The van der Waals surface area contributed by atoms with Crippen molar-refractivity contribution in [2.75, 3.05) is 11.8 Å². The van der Waals surface area contributed by atoms with Gasteiger partial charge in [-0.25, -0.2) is 8.42 Å². The third-order valence-corrected chi connectivity index (χ3v) is 6.10. The molecule has 0 aliphatic carbocycles. The van der Waals surface area contributed by atoms with Crippen molar-refractivity contribution in [1.29, 1.82) is 0 Å². The highest BCUT2D eigenvalue weighted by Crippen LogP contribution is 2.30. The Morgan fingerprint density at radius 2 is 1.73 bits per heavy atom. The molecule has 3 rings (SSSR count). The number of sulfonamides is 1. The van der Waals surface area contributed by atoms with E-state index in [4.69, 9.17) is 16.3 Å². The molecular formula is C22H21ClN2O4S. The van der Waals surface area contributed by atoms with Gasteiger partial charge >= 0.3 is 0 Å². The monoisotopic (exact) mass is 444 g/mol. The fourth-order valence-corrected chi connectivity index (χ4v) is 4.02. The zero-order chi connectivity index (χ0) is 21.7. The number of hydrogen-bond donors (Lipinski definition) is 2. The first-order valence-corrected chi connectivity index (χ1v) is 11.1. The van der Waals surface area contributed by atoms with Gasteiger partial charge in [0, 0.05) is 7.05 Å². The number of hydrogen-bond acceptors (Lipinski definition) is 4. The summed E-state index contributed by atoms with van der Waals surface area (Å²) in [5.41, 5.74) is 1.40. The van der Waals surface area contributed by atoms with Crippen molar-refractivity contribution in [3.63, 3.8) is 0 Å². The summed E-state index contributed by atoms with van der Waals surface area (Å²) in [6, 6.07) is 18.0. The van der Waals surface area contributed by atoms with E-state index in [1.807, 2.05) is 6.92 Å². The van der Waals surface area contributed by atoms with E-state index in [1.165, 1.54) is 31.3 Å². The van der Waals surface area contributed by atoms with Crippen LogP contribution >= 0.6 is 11.6 Å². The standard InChI is InChI=1S/C22H21ClN2O4S/c1-3-15-8-13-20(18(14-15)22(26)24-2)25-30(27,28)17-11-9-16(10-12-17)29-21-7-5-4-6-19(21)23/h4-14,25H,3H2,1-2H3,(H,24,26). The average Bonchev–Trinajstić information content (AvgIpc) is 2.75. The second kappa shape index (κ2) is 9.19. The smallest absolute Gasteiger partial charge is 0.261 e. The molecule has 156 valence electrons. The Morgan fingerprint density at radius 1 is 1.03 bits per heavy atom. The van der Waals surface area contributed by atoms with Gasteiger partial charge in [-0.1, -0.05) is 36.7 Å². The molecule has 0 atom stereocenters. The summed E-state index contributed by atoms with van der Waals surface area (Å²) in [6.45, 7) is 1.96. The Labute approximate surface area is 180 Å². The normalized spacial score (nSPS) is 11.0. The van der Waals surface area contributed by atoms with Gasteiger partial charge in [0.25, 0.3) is 15.9 Å². The number of nitrogens with one attached hydrogen (secondary N) is 2. The molecule has 0 heterocycles. The zero-order valence-corrected chi connectivity index (χ0v) is 18.0. The summed E-state index contributed by atoms with van der Waals surface area (Å²) in [5, 5.41) is 2.98. The molecule has 0 unspecified atom stereocenters. The molecule has 0 aromatic heterocycles. The van der Waals surface area contributed by atoms with E-state index in [1.54, 1.807) is 42.5 Å². The highest BCUT2D eigenvalue weighted by atomic mass is 35.5. The number of aryl methyl sites for hydroxylation is 1. The quantitative estimate of drug-likeness (QED) is 0.545. The van der Waals surface area contributed by atoms with Gasteiger partial charge in [-0.15, -0.1) is 0 Å². The molecule has 3 aromatic rings. The third-order valence-electron chi connectivity index (χ3n) is 4.41. The van der Waals surface area contributed by atoms with Crippen LogP contribution in [-0.4, -0.2) is 21.4 Å². The highest BCUT2D eigenvalue weighted by molar-refractivity contribution is 7.92. The molecule has 0 spiro atoms. The number of amides is 1. The molecule has 3 aromatic carbocycles. The van der Waals surface area contributed by atoms with E-state index < -0.39 is 10.0 Å². The molecule has 0 bridgehead atoms. The summed E-state index contributed by atoms with van der Waals surface area (Å²) in [7, 11) is -2.41. The summed E-state index contributed by atoms with van der Waals surface area (Å²) >= 11 is 6.08. The molecule has 0 saturated heterocycles. The van der Waals surface area contributed by atoms with Gasteiger partial charge in [0.15, 0.2) is 0 Å². The largest absolute Gasteiger partial charge is 0.456 e. The summed E-state index contributed by atoms with van der Waals surface area (Å²) in [4.78, 5) is 12.2. The minimum absolute atomic E-state index is 0.0384. The predicted octanol–water partition coefficient (Wildman–Crippen LogP) is 4.86. The van der Waals surface area contributed by atoms with Gasteiger partial charge in [-0.05, 0) is 60.5 Å². The van der Waals surface area contributed by atoms with Crippen molar-refractivity contribution < 1.29 is 17.9 Å². The first-order chi connectivity index (χ1) is 14.3. The zero-order valence-electron chi connectivity index (χ0n) is 16.5. The van der Waals surface area contributed by atoms with Crippen molar-refractivity contribution >= 4 is 33.2 Å². The van der Waals surface area contributed by atoms with Crippen molar-refractivity contribution in [1.82, 2.24) is 5.32 Å². The fourth-order valence-electron chi connectivity index (χ4n) is 2.77. The lowest BCUT2D eigenvalue weighted by molar-refractivity contribution is 0.0964. The Bertz CT molecular complexity index is 1160. The lowest BCUT2D eigenvalue weighted by Gasteiger charge is -2.14. The molecule has 8 heteroatoms. The van der Waals surface area contributed by atoms with E-state index >= 15 is 0 Å². The maximum atomic E-state index is 12.8. The SMILES string of the molecule is CCc1ccc(NS(=O)(=O)c2ccc(Oc3ccccc3Cl)cc2)c(C(=O)NC)c1. The molecule has 0 aliphatic rings. The highest BCUT2D eigenvalue weighted by Gasteiger charge is 2.19. The molecule has 6 nitrogen and oxygen atoms in total. The molecule has 0 aliphatic heterocycles. The molecule has 1 amide bonds. The summed E-state index contributed by atoms with van der Waals surface area (Å²) in [5.74, 6) is 0.547. The molecule has 0 fully saturated rings. The summed E-state index contributed by atoms with van der Waals surface area (Å²) in [6.07, 6.45) is 0.726. The Kier molecular flexibility index (Phi) is 6.64. The van der Waals surface area contributed by atoms with Gasteiger partial charge < -0.3 is 10.1 Å². The van der Waals surface area contributed by atoms with E-state index in [9.17, 15) is 13.2 Å². The van der Waals surface area contributed by atoms with Gasteiger partial charge in [-0.3, -0.25) is 9.52 Å². The topological polar surface area (TPSA) is 84.5 Å². The number of halogens is 1. The predicted molar refractivity (Wildman–Crippen MR) is 118 cm³/mol. The van der Waals surface area contributed by atoms with Crippen LogP contribution in [0.4, 0.5) is 5.69 Å². The van der Waals surface area contributed by atoms with Crippen LogP contribution in [0, 0.1) is 0 Å². The van der Waals surface area contributed by atoms with E-state index in [0.29, 0.717) is 16.5 Å². The number of rotatable bonds is 7. The van der Waals surface area contributed by atoms with Gasteiger partial charge in [0.2, 0.25) is 0 Å². The maximum absolute atomic E-state index is 12.8. The second-order valence-corrected chi connectivity index (χ2v) is 8.51. The molecule has 0 radical (unpaired) electrons. The summed E-state index contributed by atoms with van der Waals surface area (Å²) < 4.78 is 33.9. The molecule has 2 N–H and O–H groups in total. The minimum Gasteiger partial charge on any atom is -0.456 e. The van der Waals surface area contributed by atoms with Crippen LogP contribution in [0.1, 0.15) is 22.8 Å². The Balaban J connectivity index is 1.84. The Hall–Kier alpha value is -3.03. The van der Waals surface area contributed by atoms with Gasteiger partial charge in [0.05, 0.1) is 21.2 Å². The van der Waals surface area contributed by atoms with Crippen LogP contribution in [0.25, 0.3) is 0 Å². The maximum Gasteiger partial charge on any atom is 0.261 e. The number of carbonyl (C=O) groups excluding carboxylic acids is 1. The first kappa shape index (κ1) is 21.7. The van der Waals surface area contributed by atoms with Crippen LogP contribution in [0.2, 0.25) is 5.02 Å². The first-order valence-electron chi connectivity index (χ1n) is 9.24. The minimum atomic E-state index is -3.91. The van der Waals surface area contributed by atoms with Crippen LogP contribution < -0.4 is 14.8 Å². The Morgan fingerprint density at radius 3 is 2.37 bits per heavy atom. The lowest BCUT2D eigenvalue weighted by atomic mass is 10.1. The number of benzene rings is 3. The van der Waals surface area contributed by atoms with Crippen LogP contribution in [0.15, 0.2) is 71.6 Å². The number of para-hydroxylation sites is 1. The number of ether oxygens (including phenoxy) is 1. The van der Waals surface area contributed by atoms with Gasteiger partial charge in [-0.2, -0.15) is 0 Å². The number of carbonyl (C=O) groups is 1. The van der Waals surface area contributed by atoms with Crippen molar-refractivity contribution in [2.45, 2.75) is 18.2 Å². The lowest BCUT2D eigenvalue weighted by Crippen LogP contribution is -2.22. The van der Waals surface area contributed by atoms with E-state index in [0.717, 1.165) is 12.0 Å². The van der Waals surface area contributed by atoms with E-state index in [-0.39, 0.29) is 22.1 Å². The van der Waals surface area contributed by atoms with Crippen LogP contribution in [0.3, 0.4) is 0 Å². The molecule has 0 saturated carbocycles. The van der Waals surface area contributed by atoms with Crippen LogP contribution in [0.5, 0.6) is 11.5 Å². The van der Waals surface area contributed by atoms with Crippen molar-refractivity contribution in [3.8, 4) is 11.5 Å². The van der Waals surface area contributed by atoms with Crippen molar-refractivity contribution in [2.24, 2.45) is 0 Å². The van der Waals surface area contributed by atoms with Crippen LogP contribution in [-0.2, 0) is 16.4 Å². The second-order valence-electron chi connectivity index (χ2n) is 6.42. The third kappa shape index (κ3) is 4.93. The van der Waals surface area contributed by atoms with E-state index in [2.05, 4.69) is 10.0 Å².